The highest BCUT2D eigenvalue weighted by molar-refractivity contribution is 5.98. The second kappa shape index (κ2) is 8.33. The van der Waals surface area contributed by atoms with E-state index in [-0.39, 0.29) is 24.3 Å². The topological polar surface area (TPSA) is 69.7 Å². The van der Waals surface area contributed by atoms with Crippen LogP contribution in [0.5, 0.6) is 0 Å². The molecule has 3 fully saturated rings. The number of amides is 3. The third-order valence-electron chi connectivity index (χ3n) is 6.56. The number of carbonyl (C=O) groups excluding carboxylic acids is 3. The minimum atomic E-state index is -0.250. The summed E-state index contributed by atoms with van der Waals surface area (Å²) in [4.78, 5) is 40.4. The number of hydrogen-bond acceptors (Lipinski definition) is 3. The van der Waals surface area contributed by atoms with Crippen molar-refractivity contribution in [3.05, 3.63) is 29.8 Å². The first-order valence-electron chi connectivity index (χ1n) is 10.6. The zero-order valence-corrected chi connectivity index (χ0v) is 16.4. The lowest BCUT2D eigenvalue weighted by Gasteiger charge is -2.41. The molecule has 1 aromatic carbocycles. The molecule has 0 unspecified atom stereocenters. The number of nitrogens with one attached hydrogen (secondary N) is 1. The molecule has 0 bridgehead atoms. The largest absolute Gasteiger partial charge is 0.343 e. The number of likely N-dealkylation sites (tertiary alicyclic amines) is 1. The summed E-state index contributed by atoms with van der Waals surface area (Å²) in [5.74, 6) is 1.32. The highest BCUT2D eigenvalue weighted by Crippen LogP contribution is 2.36. The van der Waals surface area contributed by atoms with Crippen molar-refractivity contribution < 1.29 is 14.4 Å². The maximum Gasteiger partial charge on any atom is 0.251 e. The van der Waals surface area contributed by atoms with Gasteiger partial charge in [-0.2, -0.15) is 0 Å². The minimum Gasteiger partial charge on any atom is -0.343 e. The Balaban J connectivity index is 1.28. The average molecular weight is 383 g/mol. The molecule has 3 aliphatic rings. The van der Waals surface area contributed by atoms with Crippen LogP contribution in [-0.4, -0.2) is 48.8 Å². The van der Waals surface area contributed by atoms with Crippen LogP contribution in [0.3, 0.4) is 0 Å². The van der Waals surface area contributed by atoms with E-state index in [1.165, 1.54) is 25.7 Å². The average Bonchev–Trinajstić information content (AvgIpc) is 3.17. The summed E-state index contributed by atoms with van der Waals surface area (Å²) in [5.41, 5.74) is 1.33. The number of anilines is 1. The minimum absolute atomic E-state index is 0.0108. The summed E-state index contributed by atoms with van der Waals surface area (Å²) in [7, 11) is 0. The van der Waals surface area contributed by atoms with Gasteiger partial charge in [-0.3, -0.25) is 14.4 Å². The molecule has 2 saturated heterocycles. The maximum absolute atomic E-state index is 12.5. The number of nitrogens with zero attached hydrogens (tertiary/aromatic N) is 2. The van der Waals surface area contributed by atoms with Crippen LogP contribution in [0.2, 0.25) is 0 Å². The van der Waals surface area contributed by atoms with Crippen molar-refractivity contribution in [3.63, 3.8) is 0 Å². The molecule has 28 heavy (non-hydrogen) atoms. The van der Waals surface area contributed by atoms with Crippen molar-refractivity contribution in [3.8, 4) is 0 Å². The van der Waals surface area contributed by atoms with Gasteiger partial charge < -0.3 is 15.1 Å². The van der Waals surface area contributed by atoms with E-state index < -0.39 is 0 Å². The van der Waals surface area contributed by atoms with Gasteiger partial charge in [-0.1, -0.05) is 19.3 Å². The van der Waals surface area contributed by atoms with Gasteiger partial charge in [-0.15, -0.1) is 0 Å². The van der Waals surface area contributed by atoms with Crippen LogP contribution in [0.15, 0.2) is 24.3 Å². The molecule has 4 rings (SSSR count). The van der Waals surface area contributed by atoms with E-state index in [0.717, 1.165) is 44.1 Å². The maximum atomic E-state index is 12.5. The van der Waals surface area contributed by atoms with Gasteiger partial charge in [0.05, 0.1) is 6.54 Å². The third kappa shape index (κ3) is 4.05. The summed E-state index contributed by atoms with van der Waals surface area (Å²) in [6.45, 7) is 2.44. The molecule has 6 heteroatoms. The summed E-state index contributed by atoms with van der Waals surface area (Å²) in [6, 6.07) is 7.03. The second-order valence-electron chi connectivity index (χ2n) is 8.31. The van der Waals surface area contributed by atoms with Gasteiger partial charge in [0.2, 0.25) is 11.8 Å². The molecule has 1 aliphatic carbocycles. The Morgan fingerprint density at radius 1 is 0.964 bits per heavy atom. The summed E-state index contributed by atoms with van der Waals surface area (Å²) < 4.78 is 0. The van der Waals surface area contributed by atoms with Crippen molar-refractivity contribution in [2.45, 2.75) is 44.9 Å². The number of fused-ring (bicyclic) bond motifs is 1. The second-order valence-corrected chi connectivity index (χ2v) is 8.31. The van der Waals surface area contributed by atoms with Crippen LogP contribution in [-0.2, 0) is 9.59 Å². The van der Waals surface area contributed by atoms with Crippen molar-refractivity contribution in [2.24, 2.45) is 11.8 Å². The number of benzene rings is 1. The standard InChI is InChI=1S/C22H29N3O3/c26-20-6-3-12-25(20)19-9-7-17(8-10-19)22(28)23-14-21(27)24-13-11-16-4-1-2-5-18(16)15-24/h7-10,16,18H,1-6,11-15H2,(H,23,28)/t16-,18+/m0/s1. The number of carbonyl (C=O) groups is 3. The van der Waals surface area contributed by atoms with E-state index in [9.17, 15) is 14.4 Å². The van der Waals surface area contributed by atoms with Gasteiger partial charge in [0.1, 0.15) is 0 Å². The predicted molar refractivity (Wildman–Crippen MR) is 107 cm³/mol. The molecule has 1 aromatic rings. The molecule has 0 aromatic heterocycles. The van der Waals surface area contributed by atoms with Crippen LogP contribution in [0.25, 0.3) is 0 Å². The first-order chi connectivity index (χ1) is 13.6. The molecule has 150 valence electrons. The van der Waals surface area contributed by atoms with Gasteiger partial charge in [-0.05, 0) is 55.4 Å². The molecule has 2 atom stereocenters. The van der Waals surface area contributed by atoms with Gasteiger partial charge in [0.15, 0.2) is 0 Å². The molecular weight excluding hydrogens is 354 g/mol. The van der Waals surface area contributed by atoms with E-state index in [1.54, 1.807) is 29.2 Å². The lowest BCUT2D eigenvalue weighted by atomic mass is 9.75. The molecule has 0 spiro atoms. The monoisotopic (exact) mass is 383 g/mol. The SMILES string of the molecule is O=C(NCC(=O)N1CC[C@@H]2CCCC[C@@H]2C1)c1ccc(N2CCCC2=O)cc1. The van der Waals surface area contributed by atoms with Crippen molar-refractivity contribution in [1.82, 2.24) is 10.2 Å². The Morgan fingerprint density at radius 3 is 2.43 bits per heavy atom. The van der Waals surface area contributed by atoms with E-state index >= 15 is 0 Å². The predicted octanol–water partition coefficient (Wildman–Crippen LogP) is 2.58. The lowest BCUT2D eigenvalue weighted by molar-refractivity contribution is -0.133. The van der Waals surface area contributed by atoms with Crippen LogP contribution in [0.4, 0.5) is 5.69 Å². The number of piperidine rings is 1. The molecular formula is C22H29N3O3. The van der Waals surface area contributed by atoms with Crippen LogP contribution in [0, 0.1) is 11.8 Å². The lowest BCUT2D eigenvalue weighted by Crippen LogP contribution is -2.48. The zero-order chi connectivity index (χ0) is 19.5. The van der Waals surface area contributed by atoms with Crippen LogP contribution >= 0.6 is 0 Å². The molecule has 1 saturated carbocycles. The summed E-state index contributed by atoms with van der Waals surface area (Å²) in [6.07, 6.45) is 7.70. The van der Waals surface area contributed by atoms with Crippen molar-refractivity contribution in [2.75, 3.05) is 31.1 Å². The van der Waals surface area contributed by atoms with Gasteiger partial charge in [0, 0.05) is 37.3 Å². The molecule has 3 amide bonds. The van der Waals surface area contributed by atoms with Crippen LogP contribution < -0.4 is 10.2 Å². The van der Waals surface area contributed by atoms with E-state index in [0.29, 0.717) is 17.9 Å². The molecule has 2 aliphatic heterocycles. The molecule has 6 nitrogen and oxygen atoms in total. The van der Waals surface area contributed by atoms with Crippen LogP contribution in [0.1, 0.15) is 55.3 Å². The van der Waals surface area contributed by atoms with E-state index in [1.807, 2.05) is 4.90 Å². The fourth-order valence-electron chi connectivity index (χ4n) is 4.91. The Morgan fingerprint density at radius 2 is 1.71 bits per heavy atom. The van der Waals surface area contributed by atoms with Gasteiger partial charge in [0.25, 0.3) is 5.91 Å². The van der Waals surface area contributed by atoms with Crippen molar-refractivity contribution in [1.29, 1.82) is 0 Å². The van der Waals surface area contributed by atoms with Crippen molar-refractivity contribution >= 4 is 23.4 Å². The zero-order valence-electron chi connectivity index (χ0n) is 16.4. The normalized spacial score (nSPS) is 24.8. The van der Waals surface area contributed by atoms with Gasteiger partial charge >= 0.3 is 0 Å². The Bertz CT molecular complexity index is 746. The number of rotatable bonds is 4. The summed E-state index contributed by atoms with van der Waals surface area (Å²) in [5, 5.41) is 2.76. The van der Waals surface area contributed by atoms with Gasteiger partial charge in [-0.25, -0.2) is 0 Å². The third-order valence-corrected chi connectivity index (χ3v) is 6.56. The molecule has 1 N–H and O–H groups in total. The van der Waals surface area contributed by atoms with E-state index in [2.05, 4.69) is 5.32 Å². The Kier molecular flexibility index (Phi) is 5.64. The smallest absolute Gasteiger partial charge is 0.251 e. The highest BCUT2D eigenvalue weighted by atomic mass is 16.2. The van der Waals surface area contributed by atoms with E-state index in [4.69, 9.17) is 0 Å². The highest BCUT2D eigenvalue weighted by Gasteiger charge is 2.32. The molecule has 2 heterocycles. The Hall–Kier alpha value is -2.37. The Labute approximate surface area is 166 Å². The number of hydrogen-bond donors (Lipinski definition) is 1. The fraction of sp³-hybridized carbons (Fsp3) is 0.591. The quantitative estimate of drug-likeness (QED) is 0.869. The molecule has 0 radical (unpaired) electrons. The summed E-state index contributed by atoms with van der Waals surface area (Å²) >= 11 is 0. The first kappa shape index (κ1) is 19.0. The fourth-order valence-corrected chi connectivity index (χ4v) is 4.91. The first-order valence-corrected chi connectivity index (χ1v) is 10.6.